The molecule has 0 saturated heterocycles. The summed E-state index contributed by atoms with van der Waals surface area (Å²) >= 11 is 0. The summed E-state index contributed by atoms with van der Waals surface area (Å²) in [6.45, 7) is 6.08. The zero-order valence-corrected chi connectivity index (χ0v) is 9.50. The number of pyridine rings is 1. The number of hydrogen-bond acceptors (Lipinski definition) is 4. The first-order valence-electron chi connectivity index (χ1n) is 5.15. The number of fused-ring (bicyclic) bond motifs is 1. The Morgan fingerprint density at radius 1 is 1.50 bits per heavy atom. The van der Waals surface area contributed by atoms with Crippen LogP contribution in [0.3, 0.4) is 0 Å². The van der Waals surface area contributed by atoms with E-state index in [1.807, 2.05) is 13.8 Å². The molecule has 0 bridgehead atoms. The van der Waals surface area contributed by atoms with Gasteiger partial charge in [-0.3, -0.25) is 4.79 Å². The van der Waals surface area contributed by atoms with Gasteiger partial charge in [-0.2, -0.15) is 0 Å². The first-order chi connectivity index (χ1) is 7.63. The Morgan fingerprint density at radius 2 is 2.25 bits per heavy atom. The van der Waals surface area contributed by atoms with Crippen molar-refractivity contribution in [1.29, 1.82) is 0 Å². The number of nitrogens with zero attached hydrogens (tertiary/aromatic N) is 2. The number of aromatic nitrogens is 2. The lowest BCUT2D eigenvalue weighted by molar-refractivity contribution is 0.0957. The van der Waals surface area contributed by atoms with E-state index in [2.05, 4.69) is 15.5 Å². The molecular formula is C11H13N3O2. The van der Waals surface area contributed by atoms with Crippen LogP contribution in [0.1, 0.15) is 28.7 Å². The molecule has 0 fully saturated rings. The van der Waals surface area contributed by atoms with Crippen LogP contribution < -0.4 is 5.32 Å². The van der Waals surface area contributed by atoms with Crippen LogP contribution in [0, 0.1) is 13.8 Å². The summed E-state index contributed by atoms with van der Waals surface area (Å²) in [7, 11) is 0. The summed E-state index contributed by atoms with van der Waals surface area (Å²) in [5.41, 5.74) is 2.41. The number of hydrogen-bond donors (Lipinski definition) is 1. The first kappa shape index (κ1) is 10.6. The Labute approximate surface area is 92.8 Å². The summed E-state index contributed by atoms with van der Waals surface area (Å²) in [5.74, 6) is -0.121. The number of carbonyl (C=O) groups is 1. The quantitative estimate of drug-likeness (QED) is 0.832. The predicted octanol–water partition coefficient (Wildman–Crippen LogP) is 1.59. The van der Waals surface area contributed by atoms with Crippen molar-refractivity contribution in [2.24, 2.45) is 0 Å². The summed E-state index contributed by atoms with van der Waals surface area (Å²) in [5, 5.41) is 7.28. The molecule has 2 aromatic heterocycles. The molecule has 0 spiro atoms. The topological polar surface area (TPSA) is 68.0 Å². The van der Waals surface area contributed by atoms with E-state index in [0.717, 1.165) is 5.69 Å². The number of amides is 1. The molecule has 5 heteroatoms. The van der Waals surface area contributed by atoms with E-state index in [4.69, 9.17) is 4.52 Å². The van der Waals surface area contributed by atoms with Gasteiger partial charge in [0.1, 0.15) is 0 Å². The van der Waals surface area contributed by atoms with Crippen LogP contribution in [0.5, 0.6) is 0 Å². The molecule has 1 N–H and O–H groups in total. The molecule has 0 saturated carbocycles. The second-order valence-electron chi connectivity index (χ2n) is 3.62. The third kappa shape index (κ3) is 1.64. The van der Waals surface area contributed by atoms with E-state index in [9.17, 15) is 4.79 Å². The van der Waals surface area contributed by atoms with Gasteiger partial charge < -0.3 is 9.84 Å². The molecule has 0 atom stereocenters. The van der Waals surface area contributed by atoms with Crippen molar-refractivity contribution in [2.75, 3.05) is 6.54 Å². The van der Waals surface area contributed by atoms with E-state index < -0.39 is 0 Å². The second kappa shape index (κ2) is 3.92. The Hall–Kier alpha value is -1.91. The molecule has 16 heavy (non-hydrogen) atoms. The standard InChI is InChI=1S/C11H13N3O2/c1-4-12-10(15)8-5-6(2)13-11-9(8)7(3)14-16-11/h5H,4H2,1-3H3,(H,12,15). The fourth-order valence-corrected chi connectivity index (χ4v) is 1.65. The summed E-state index contributed by atoms with van der Waals surface area (Å²) in [6.07, 6.45) is 0. The van der Waals surface area contributed by atoms with Gasteiger partial charge in [-0.15, -0.1) is 0 Å². The molecule has 0 aliphatic heterocycles. The molecule has 2 heterocycles. The molecule has 5 nitrogen and oxygen atoms in total. The highest BCUT2D eigenvalue weighted by Gasteiger charge is 2.16. The number of rotatable bonds is 2. The molecule has 0 aliphatic rings. The van der Waals surface area contributed by atoms with E-state index in [0.29, 0.717) is 28.9 Å². The van der Waals surface area contributed by atoms with Crippen LogP contribution in [-0.4, -0.2) is 22.6 Å². The molecule has 0 aliphatic carbocycles. The van der Waals surface area contributed by atoms with Crippen LogP contribution in [0.4, 0.5) is 0 Å². The average Bonchev–Trinajstić information content (AvgIpc) is 2.59. The van der Waals surface area contributed by atoms with Crippen LogP contribution in [0.2, 0.25) is 0 Å². The molecule has 84 valence electrons. The van der Waals surface area contributed by atoms with Gasteiger partial charge in [-0.25, -0.2) is 4.98 Å². The normalized spacial score (nSPS) is 10.7. The molecule has 0 aromatic carbocycles. The largest absolute Gasteiger partial charge is 0.352 e. The molecule has 0 unspecified atom stereocenters. The Bertz CT molecular complexity index is 545. The summed E-state index contributed by atoms with van der Waals surface area (Å²) in [6, 6.07) is 1.75. The van der Waals surface area contributed by atoms with Crippen LogP contribution >= 0.6 is 0 Å². The zero-order chi connectivity index (χ0) is 11.7. The maximum Gasteiger partial charge on any atom is 0.258 e. The lowest BCUT2D eigenvalue weighted by atomic mass is 10.1. The van der Waals surface area contributed by atoms with Crippen LogP contribution in [-0.2, 0) is 0 Å². The van der Waals surface area contributed by atoms with Crippen LogP contribution in [0.15, 0.2) is 10.6 Å². The van der Waals surface area contributed by atoms with Crippen molar-refractivity contribution in [2.45, 2.75) is 20.8 Å². The molecular weight excluding hydrogens is 206 g/mol. The van der Waals surface area contributed by atoms with Gasteiger partial charge in [-0.05, 0) is 26.8 Å². The highest BCUT2D eigenvalue weighted by atomic mass is 16.5. The van der Waals surface area contributed by atoms with E-state index in [-0.39, 0.29) is 5.91 Å². The Morgan fingerprint density at radius 3 is 2.94 bits per heavy atom. The van der Waals surface area contributed by atoms with Crippen molar-refractivity contribution in [3.05, 3.63) is 23.0 Å². The van der Waals surface area contributed by atoms with Crippen LogP contribution in [0.25, 0.3) is 11.1 Å². The van der Waals surface area contributed by atoms with E-state index >= 15 is 0 Å². The lowest BCUT2D eigenvalue weighted by Gasteiger charge is -2.04. The smallest absolute Gasteiger partial charge is 0.258 e. The van der Waals surface area contributed by atoms with Crippen molar-refractivity contribution in [3.8, 4) is 0 Å². The SMILES string of the molecule is CCNC(=O)c1cc(C)nc2onc(C)c12. The number of nitrogens with one attached hydrogen (secondary N) is 1. The Balaban J connectivity index is 2.66. The van der Waals surface area contributed by atoms with Crippen molar-refractivity contribution >= 4 is 17.0 Å². The summed E-state index contributed by atoms with van der Waals surface area (Å²) < 4.78 is 5.06. The van der Waals surface area contributed by atoms with E-state index in [1.54, 1.807) is 13.0 Å². The van der Waals surface area contributed by atoms with Gasteiger partial charge in [0, 0.05) is 12.2 Å². The van der Waals surface area contributed by atoms with Gasteiger partial charge in [0.15, 0.2) is 0 Å². The van der Waals surface area contributed by atoms with Crippen molar-refractivity contribution < 1.29 is 9.32 Å². The monoisotopic (exact) mass is 219 g/mol. The number of carbonyl (C=O) groups excluding carboxylic acids is 1. The van der Waals surface area contributed by atoms with Gasteiger partial charge in [0.2, 0.25) is 0 Å². The fourth-order valence-electron chi connectivity index (χ4n) is 1.65. The maximum absolute atomic E-state index is 11.9. The maximum atomic E-state index is 11.9. The molecule has 2 aromatic rings. The van der Waals surface area contributed by atoms with Gasteiger partial charge >= 0.3 is 0 Å². The van der Waals surface area contributed by atoms with E-state index in [1.165, 1.54) is 0 Å². The third-order valence-electron chi connectivity index (χ3n) is 2.33. The highest BCUT2D eigenvalue weighted by molar-refractivity contribution is 6.05. The van der Waals surface area contributed by atoms with Crippen molar-refractivity contribution in [1.82, 2.24) is 15.5 Å². The first-order valence-corrected chi connectivity index (χ1v) is 5.15. The molecule has 1 amide bonds. The fraction of sp³-hybridized carbons (Fsp3) is 0.364. The average molecular weight is 219 g/mol. The van der Waals surface area contributed by atoms with Gasteiger partial charge in [-0.1, -0.05) is 5.16 Å². The minimum Gasteiger partial charge on any atom is -0.352 e. The minimum absolute atomic E-state index is 0.121. The Kier molecular flexibility index (Phi) is 2.60. The molecule has 0 radical (unpaired) electrons. The van der Waals surface area contributed by atoms with Gasteiger partial charge in [0.05, 0.1) is 16.6 Å². The van der Waals surface area contributed by atoms with Gasteiger partial charge in [0.25, 0.3) is 11.6 Å². The summed E-state index contributed by atoms with van der Waals surface area (Å²) in [4.78, 5) is 16.0. The molecule has 2 rings (SSSR count). The predicted molar refractivity (Wildman–Crippen MR) is 59.3 cm³/mol. The van der Waals surface area contributed by atoms with Crippen molar-refractivity contribution in [3.63, 3.8) is 0 Å². The zero-order valence-electron chi connectivity index (χ0n) is 9.50. The number of aryl methyl sites for hydroxylation is 2. The highest BCUT2D eigenvalue weighted by Crippen LogP contribution is 2.21. The second-order valence-corrected chi connectivity index (χ2v) is 3.62. The lowest BCUT2D eigenvalue weighted by Crippen LogP contribution is -2.23. The third-order valence-corrected chi connectivity index (χ3v) is 2.33. The minimum atomic E-state index is -0.121.